The maximum Gasteiger partial charge on any atom is 0.119 e. The smallest absolute Gasteiger partial charge is 0.119 e. The number of hydrogen-bond acceptors (Lipinski definition) is 6. The predicted octanol–water partition coefficient (Wildman–Crippen LogP) is 4.77. The summed E-state index contributed by atoms with van der Waals surface area (Å²) < 4.78 is 5.85. The van der Waals surface area contributed by atoms with E-state index in [1.807, 2.05) is 42.5 Å². The third-order valence-corrected chi connectivity index (χ3v) is 5.84. The first-order valence-corrected chi connectivity index (χ1v) is 14.1. The van der Waals surface area contributed by atoms with E-state index in [1.165, 1.54) is 19.3 Å². The summed E-state index contributed by atoms with van der Waals surface area (Å²) in [5.41, 5.74) is 2.38. The molecule has 0 saturated carbocycles. The molecule has 4 aromatic rings. The summed E-state index contributed by atoms with van der Waals surface area (Å²) >= 11 is 1.61. The fourth-order valence-corrected chi connectivity index (χ4v) is 4.11. The third kappa shape index (κ3) is 6.12. The molecule has 6 nitrogen and oxygen atoms in total. The summed E-state index contributed by atoms with van der Waals surface area (Å²) in [7, 11) is 4.61. The van der Waals surface area contributed by atoms with Crippen LogP contribution in [0.4, 0.5) is 5.69 Å². The first-order valence-electron chi connectivity index (χ1n) is 11.2. The molecule has 1 saturated heterocycles. The van der Waals surface area contributed by atoms with Gasteiger partial charge in [0.2, 0.25) is 0 Å². The number of rotatable bonds is 6. The van der Waals surface area contributed by atoms with Crippen LogP contribution in [-0.2, 0) is 18.8 Å². The van der Waals surface area contributed by atoms with Gasteiger partial charge in [0.15, 0.2) is 0 Å². The first-order chi connectivity index (χ1) is 16.8. The van der Waals surface area contributed by atoms with Crippen molar-refractivity contribution in [1.82, 2.24) is 14.9 Å². The van der Waals surface area contributed by atoms with Crippen LogP contribution < -0.4 is 9.84 Å². The quantitative estimate of drug-likeness (QED) is 0.170. The van der Waals surface area contributed by atoms with Gasteiger partial charge in [-0.3, -0.25) is 14.9 Å². The summed E-state index contributed by atoms with van der Waals surface area (Å²) in [4.78, 5) is 15.7. The van der Waals surface area contributed by atoms with Gasteiger partial charge in [-0.15, -0.1) is 0 Å². The van der Waals surface area contributed by atoms with E-state index in [1.54, 1.807) is 43.2 Å². The Balaban J connectivity index is 0.00000133. The molecule has 0 radical (unpaired) electrons. The average molecular weight is 656 g/mol. The molecule has 1 aliphatic heterocycles. The second-order valence-corrected chi connectivity index (χ2v) is 8.07. The molecule has 178 valence electrons. The summed E-state index contributed by atoms with van der Waals surface area (Å²) in [5.74, 6) is 0.411. The van der Waals surface area contributed by atoms with Crippen molar-refractivity contribution in [2.45, 2.75) is 19.3 Å². The van der Waals surface area contributed by atoms with Gasteiger partial charge in [-0.05, 0) is 62.3 Å². The second kappa shape index (κ2) is 12.3. The number of piperidine rings is 1. The molecule has 0 atom stereocenters. The third-order valence-electron chi connectivity index (χ3n) is 5.84. The second-order valence-electron chi connectivity index (χ2n) is 8.07. The van der Waals surface area contributed by atoms with Crippen LogP contribution in [0.3, 0.4) is 0 Å². The van der Waals surface area contributed by atoms with Gasteiger partial charge in [-0.2, -0.15) is 0 Å². The molecule has 3 heterocycles. The van der Waals surface area contributed by atoms with Crippen LogP contribution in [0.2, 0.25) is 0 Å². The Kier molecular flexibility index (Phi) is 8.86. The molecular weight excluding hydrogens is 631 g/mol. The number of ether oxygens (including phenoxy) is 1. The summed E-state index contributed by atoms with van der Waals surface area (Å²) in [6, 6.07) is 18.8. The van der Waals surface area contributed by atoms with Gasteiger partial charge < -0.3 is 9.84 Å². The van der Waals surface area contributed by atoms with Gasteiger partial charge in [-0.1, -0.05) is 30.7 Å². The van der Waals surface area contributed by atoms with Crippen LogP contribution >= 0.6 is 9.42 Å². The Bertz CT molecular complexity index is 1260. The van der Waals surface area contributed by atoms with Crippen molar-refractivity contribution in [1.29, 1.82) is 0 Å². The zero-order chi connectivity index (χ0) is 23.8. The van der Waals surface area contributed by atoms with Crippen LogP contribution in [0.15, 0.2) is 71.9 Å². The topological polar surface area (TPSA) is 73.7 Å². The minimum atomic E-state index is -0.376. The van der Waals surface area contributed by atoms with Crippen molar-refractivity contribution in [3.05, 3.63) is 72.6 Å². The molecule has 1 fully saturated rings. The normalized spacial score (nSPS) is 14.6. The number of aliphatic imine (C=N–C) groups is 1. The monoisotopic (exact) mass is 655 g/mol. The predicted molar refractivity (Wildman–Crippen MR) is 131 cm³/mol. The van der Waals surface area contributed by atoms with E-state index in [-0.39, 0.29) is 5.90 Å². The largest absolute Gasteiger partial charge is 0.857 e. The molecule has 2 aromatic heterocycles. The number of hydrogen-bond donors (Lipinski definition) is 0. The summed E-state index contributed by atoms with van der Waals surface area (Å²) in [6.45, 7) is 3.94. The number of halogens is 1. The van der Waals surface area contributed by atoms with Crippen LogP contribution in [0, 0.1) is 0 Å². The Morgan fingerprint density at radius 3 is 2.41 bits per heavy atom. The number of pyridine rings is 2. The number of nitrogens with zero attached hydrogens (tertiary/aromatic N) is 4. The van der Waals surface area contributed by atoms with Crippen LogP contribution in [0.1, 0.15) is 25.0 Å². The first kappa shape index (κ1) is 24.6. The fourth-order valence-electron chi connectivity index (χ4n) is 4.11. The summed E-state index contributed by atoms with van der Waals surface area (Å²) in [5, 5.41) is 14.7. The number of benzene rings is 2. The Morgan fingerprint density at radius 1 is 0.941 bits per heavy atom. The Hall–Kier alpha value is -2.53. The van der Waals surface area contributed by atoms with Crippen molar-refractivity contribution in [2.24, 2.45) is 4.99 Å². The van der Waals surface area contributed by atoms with E-state index in [9.17, 15) is 5.11 Å². The molecule has 0 spiro atoms. The molecule has 2 aromatic carbocycles. The average Bonchev–Trinajstić information content (AvgIpc) is 2.91. The summed E-state index contributed by atoms with van der Waals surface area (Å²) in [6.07, 6.45) is 5.63. The van der Waals surface area contributed by atoms with Crippen molar-refractivity contribution in [3.8, 4) is 5.75 Å². The van der Waals surface area contributed by atoms with E-state index >= 15 is 0 Å². The van der Waals surface area contributed by atoms with Crippen LogP contribution in [0.25, 0.3) is 21.8 Å². The molecule has 0 N–H and O–H groups in total. The van der Waals surface area contributed by atoms with E-state index in [4.69, 9.17) is 4.74 Å². The molecule has 0 aliphatic carbocycles. The van der Waals surface area contributed by atoms with Crippen molar-refractivity contribution in [2.75, 3.05) is 26.2 Å². The SMILES string of the molecule is [Cl][Pt+].[O-]C(=Nc1ccc(OCCN2CCCCC2)cc1)c1ccc2ccc3cccnc3c2n1. The number of fused-ring (bicyclic) bond motifs is 3. The molecule has 34 heavy (non-hydrogen) atoms. The van der Waals surface area contributed by atoms with E-state index in [0.29, 0.717) is 23.5 Å². The van der Waals surface area contributed by atoms with Gasteiger partial charge in [0, 0.05) is 29.4 Å². The van der Waals surface area contributed by atoms with Gasteiger partial charge in [0.1, 0.15) is 12.4 Å². The maximum atomic E-state index is 12.7. The van der Waals surface area contributed by atoms with Gasteiger partial charge >= 0.3 is 28.2 Å². The van der Waals surface area contributed by atoms with Crippen LogP contribution in [0.5, 0.6) is 5.75 Å². The minimum absolute atomic E-state index is 0.303. The van der Waals surface area contributed by atoms with Crippen molar-refractivity contribution < 1.29 is 28.6 Å². The zero-order valence-corrected chi connectivity index (χ0v) is 21.6. The number of likely N-dealkylation sites (tertiary alicyclic amines) is 1. The molecule has 5 rings (SSSR count). The standard InChI is InChI=1S/C26H26N4O2.ClH.Pt/c31-26(23-13-8-20-7-6-19-5-4-14-27-24(19)25(20)29-23)28-21-9-11-22(12-10-21)32-18-17-30-15-2-1-3-16-30;;/h4-14H,1-3,15-18H2,(H,28,31);1H;/q;;+2/p-2. The molecule has 0 amide bonds. The van der Waals surface area contributed by atoms with Crippen LogP contribution in [-0.4, -0.2) is 47.0 Å². The Labute approximate surface area is 214 Å². The molecular formula is C26H25ClN4O2Pt. The van der Waals surface area contributed by atoms with E-state index in [2.05, 4.69) is 29.3 Å². The molecule has 0 bridgehead atoms. The van der Waals surface area contributed by atoms with E-state index in [0.717, 1.165) is 41.7 Å². The minimum Gasteiger partial charge on any atom is -0.857 e. The number of aromatic nitrogens is 2. The van der Waals surface area contributed by atoms with Gasteiger partial charge in [0.05, 0.1) is 22.4 Å². The Morgan fingerprint density at radius 2 is 1.65 bits per heavy atom. The fraction of sp³-hybridized carbons (Fsp3) is 0.269. The van der Waals surface area contributed by atoms with Crippen molar-refractivity contribution >= 4 is 42.8 Å². The zero-order valence-electron chi connectivity index (χ0n) is 18.6. The van der Waals surface area contributed by atoms with Crippen molar-refractivity contribution in [3.63, 3.8) is 0 Å². The molecule has 1 aliphatic rings. The van der Waals surface area contributed by atoms with E-state index < -0.39 is 0 Å². The van der Waals surface area contributed by atoms with Gasteiger partial charge in [-0.25, -0.2) is 4.98 Å². The molecule has 0 unspecified atom stereocenters. The molecule has 8 heteroatoms. The van der Waals surface area contributed by atoms with Gasteiger partial charge in [0.25, 0.3) is 0 Å². The maximum absolute atomic E-state index is 12.7.